The molecule has 1 amide bonds. The number of hydrogen-bond donors (Lipinski definition) is 2. The van der Waals surface area contributed by atoms with E-state index in [-0.39, 0.29) is 11.7 Å². The van der Waals surface area contributed by atoms with E-state index >= 15 is 0 Å². The summed E-state index contributed by atoms with van der Waals surface area (Å²) in [4.78, 5) is 16.2. The fraction of sp³-hybridized carbons (Fsp3) is 0.294. The number of nitrogens with one attached hydrogen (secondary N) is 1. The van der Waals surface area contributed by atoms with Crippen LogP contribution in [0.15, 0.2) is 42.6 Å². The first-order valence-electron chi connectivity index (χ1n) is 7.83. The van der Waals surface area contributed by atoms with Crippen LogP contribution in [-0.4, -0.2) is 31.6 Å². The molecule has 0 saturated heterocycles. The molecule has 0 aliphatic carbocycles. The average molecular weight is 363 g/mol. The number of hydrogen-bond acceptors (Lipinski definition) is 5. The van der Waals surface area contributed by atoms with Crippen molar-refractivity contribution in [2.75, 3.05) is 12.3 Å². The molecule has 2 aromatic rings. The van der Waals surface area contributed by atoms with Crippen LogP contribution in [0.25, 0.3) is 0 Å². The van der Waals surface area contributed by atoms with Crippen molar-refractivity contribution in [1.82, 2.24) is 10.3 Å². The van der Waals surface area contributed by atoms with Crippen molar-refractivity contribution in [1.29, 1.82) is 0 Å². The maximum absolute atomic E-state index is 12.0. The first-order valence-corrected chi connectivity index (χ1v) is 9.55. The van der Waals surface area contributed by atoms with E-state index in [9.17, 15) is 13.2 Å². The largest absolute Gasteiger partial charge is 0.439 e. The van der Waals surface area contributed by atoms with E-state index in [4.69, 9.17) is 9.88 Å². The molecule has 0 atom stereocenters. The number of nitrogens with two attached hydrogens (primary N) is 1. The number of nitrogens with zero attached hydrogens (tertiary/aromatic N) is 1. The summed E-state index contributed by atoms with van der Waals surface area (Å²) in [6.45, 7) is 2.29. The lowest BCUT2D eigenvalue weighted by Gasteiger charge is -2.08. The van der Waals surface area contributed by atoms with Gasteiger partial charge in [-0.25, -0.2) is 18.5 Å². The van der Waals surface area contributed by atoms with Crippen LogP contribution in [0.2, 0.25) is 0 Å². The molecule has 1 aromatic carbocycles. The van der Waals surface area contributed by atoms with Gasteiger partial charge in [0.15, 0.2) is 0 Å². The Morgan fingerprint density at radius 1 is 1.20 bits per heavy atom. The van der Waals surface area contributed by atoms with Crippen LogP contribution in [-0.2, 0) is 10.0 Å². The van der Waals surface area contributed by atoms with Crippen molar-refractivity contribution < 1.29 is 17.9 Å². The molecule has 3 N–H and O–H groups in total. The second-order valence-corrected chi connectivity index (χ2v) is 7.32. The number of sulfonamides is 1. The van der Waals surface area contributed by atoms with Gasteiger partial charge in [-0.15, -0.1) is 0 Å². The Morgan fingerprint density at radius 2 is 1.92 bits per heavy atom. The molecule has 0 spiro atoms. The highest BCUT2D eigenvalue weighted by Crippen LogP contribution is 2.22. The van der Waals surface area contributed by atoms with Crippen LogP contribution in [0.5, 0.6) is 11.6 Å². The SMILES string of the molecule is Cc1cccnc1Oc1ccc(C(=O)NCCCCS(N)(=O)=O)cc1. The molecule has 0 fully saturated rings. The van der Waals surface area contributed by atoms with E-state index in [1.807, 2.05) is 19.1 Å². The van der Waals surface area contributed by atoms with Crippen molar-refractivity contribution in [2.45, 2.75) is 19.8 Å². The molecular weight excluding hydrogens is 342 g/mol. The van der Waals surface area contributed by atoms with Crippen molar-refractivity contribution >= 4 is 15.9 Å². The molecule has 0 radical (unpaired) electrons. The number of unbranched alkanes of at least 4 members (excludes halogenated alkanes) is 1. The molecule has 2 rings (SSSR count). The number of rotatable bonds is 8. The number of aromatic nitrogens is 1. The first kappa shape index (κ1) is 18.9. The molecule has 25 heavy (non-hydrogen) atoms. The zero-order valence-electron chi connectivity index (χ0n) is 13.9. The quantitative estimate of drug-likeness (QED) is 0.697. The van der Waals surface area contributed by atoms with Gasteiger partial charge in [-0.2, -0.15) is 0 Å². The van der Waals surface area contributed by atoms with Gasteiger partial charge >= 0.3 is 0 Å². The highest BCUT2D eigenvalue weighted by molar-refractivity contribution is 7.89. The molecule has 0 aliphatic rings. The molecular formula is C17H21N3O4S. The lowest BCUT2D eigenvalue weighted by molar-refractivity contribution is 0.0953. The van der Waals surface area contributed by atoms with Crippen molar-refractivity contribution in [3.05, 3.63) is 53.7 Å². The number of pyridine rings is 1. The second-order valence-electron chi connectivity index (χ2n) is 5.58. The van der Waals surface area contributed by atoms with Crippen molar-refractivity contribution in [3.8, 4) is 11.6 Å². The number of carbonyl (C=O) groups excluding carboxylic acids is 1. The Bertz CT molecular complexity index is 820. The standard InChI is InChI=1S/C17H21N3O4S/c1-13-5-4-11-20-17(13)24-15-8-6-14(7-9-15)16(21)19-10-2-3-12-25(18,22)23/h4-9,11H,2-3,10,12H2,1H3,(H,19,21)(H2,18,22,23). The van der Waals surface area contributed by atoms with Gasteiger partial charge in [-0.1, -0.05) is 6.07 Å². The Hall–Kier alpha value is -2.45. The minimum absolute atomic E-state index is 0.0815. The third kappa shape index (κ3) is 6.52. The van der Waals surface area contributed by atoms with Crippen LogP contribution in [0.4, 0.5) is 0 Å². The summed E-state index contributed by atoms with van der Waals surface area (Å²) in [5.41, 5.74) is 1.42. The predicted molar refractivity (Wildman–Crippen MR) is 95.0 cm³/mol. The minimum Gasteiger partial charge on any atom is -0.439 e. The lowest BCUT2D eigenvalue weighted by atomic mass is 10.2. The summed E-state index contributed by atoms with van der Waals surface area (Å²) in [5.74, 6) is 0.805. The summed E-state index contributed by atoms with van der Waals surface area (Å²) < 4.78 is 27.3. The van der Waals surface area contributed by atoms with Gasteiger partial charge in [0.1, 0.15) is 5.75 Å². The Balaban J connectivity index is 1.83. The van der Waals surface area contributed by atoms with Gasteiger partial charge in [-0.05, 0) is 50.1 Å². The molecule has 1 aromatic heterocycles. The molecule has 134 valence electrons. The van der Waals surface area contributed by atoms with Crippen LogP contribution >= 0.6 is 0 Å². The maximum atomic E-state index is 12.0. The summed E-state index contributed by atoms with van der Waals surface area (Å²) in [6.07, 6.45) is 2.61. The van der Waals surface area contributed by atoms with E-state index in [1.54, 1.807) is 30.5 Å². The van der Waals surface area contributed by atoms with E-state index in [2.05, 4.69) is 10.3 Å². The number of carbonyl (C=O) groups is 1. The van der Waals surface area contributed by atoms with Crippen LogP contribution in [0.3, 0.4) is 0 Å². The zero-order valence-corrected chi connectivity index (χ0v) is 14.8. The van der Waals surface area contributed by atoms with Crippen LogP contribution in [0.1, 0.15) is 28.8 Å². The van der Waals surface area contributed by atoms with Gasteiger partial charge in [0.25, 0.3) is 5.91 Å². The van der Waals surface area contributed by atoms with E-state index in [0.29, 0.717) is 36.6 Å². The van der Waals surface area contributed by atoms with E-state index in [1.165, 1.54) is 0 Å². The smallest absolute Gasteiger partial charge is 0.251 e. The maximum Gasteiger partial charge on any atom is 0.251 e. The van der Waals surface area contributed by atoms with Gasteiger partial charge in [0, 0.05) is 23.9 Å². The summed E-state index contributed by atoms with van der Waals surface area (Å²) >= 11 is 0. The normalized spacial score (nSPS) is 11.1. The molecule has 0 aliphatic heterocycles. The number of ether oxygens (including phenoxy) is 1. The number of primary sulfonamides is 1. The highest BCUT2D eigenvalue weighted by Gasteiger charge is 2.07. The van der Waals surface area contributed by atoms with Crippen LogP contribution in [0, 0.1) is 6.92 Å². The monoisotopic (exact) mass is 363 g/mol. The van der Waals surface area contributed by atoms with E-state index < -0.39 is 10.0 Å². The topological polar surface area (TPSA) is 111 Å². The van der Waals surface area contributed by atoms with Crippen LogP contribution < -0.4 is 15.2 Å². The van der Waals surface area contributed by atoms with Gasteiger partial charge in [-0.3, -0.25) is 4.79 Å². The third-order valence-electron chi connectivity index (χ3n) is 3.43. The number of benzene rings is 1. The average Bonchev–Trinajstić information content (AvgIpc) is 2.56. The summed E-state index contributed by atoms with van der Waals surface area (Å²) in [5, 5.41) is 7.65. The molecule has 0 bridgehead atoms. The summed E-state index contributed by atoms with van der Waals surface area (Å²) in [7, 11) is -3.44. The predicted octanol–water partition coefficient (Wildman–Crippen LogP) is 1.98. The second kappa shape index (κ2) is 8.59. The van der Waals surface area contributed by atoms with Gasteiger partial charge < -0.3 is 10.1 Å². The van der Waals surface area contributed by atoms with Gasteiger partial charge in [0.2, 0.25) is 15.9 Å². The Labute approximate surface area is 147 Å². The lowest BCUT2D eigenvalue weighted by Crippen LogP contribution is -2.25. The molecule has 0 saturated carbocycles. The molecule has 8 heteroatoms. The fourth-order valence-corrected chi connectivity index (χ4v) is 2.70. The summed E-state index contributed by atoms with van der Waals surface area (Å²) in [6, 6.07) is 10.5. The van der Waals surface area contributed by atoms with Crippen molar-refractivity contribution in [3.63, 3.8) is 0 Å². The minimum atomic E-state index is -3.44. The van der Waals surface area contributed by atoms with Gasteiger partial charge in [0.05, 0.1) is 5.75 Å². The van der Waals surface area contributed by atoms with Crippen molar-refractivity contribution in [2.24, 2.45) is 5.14 Å². The third-order valence-corrected chi connectivity index (χ3v) is 4.29. The number of amides is 1. The Morgan fingerprint density at radius 3 is 2.56 bits per heavy atom. The van der Waals surface area contributed by atoms with E-state index in [0.717, 1.165) is 5.56 Å². The number of aryl methyl sites for hydroxylation is 1. The zero-order chi connectivity index (χ0) is 18.3. The molecule has 7 nitrogen and oxygen atoms in total. The molecule has 1 heterocycles. The molecule has 0 unspecified atom stereocenters. The highest BCUT2D eigenvalue weighted by atomic mass is 32.2. The Kier molecular flexibility index (Phi) is 6.49. The first-order chi connectivity index (χ1) is 11.8. The fourth-order valence-electron chi connectivity index (χ4n) is 2.10.